The van der Waals surface area contributed by atoms with Gasteiger partial charge in [-0.25, -0.2) is 4.98 Å². The highest BCUT2D eigenvalue weighted by molar-refractivity contribution is 14.0. The van der Waals surface area contributed by atoms with Crippen molar-refractivity contribution in [2.75, 3.05) is 44.7 Å². The first-order chi connectivity index (χ1) is 15.2. The zero-order valence-corrected chi connectivity index (χ0v) is 22.5. The van der Waals surface area contributed by atoms with Gasteiger partial charge in [0.1, 0.15) is 0 Å². The first-order valence-electron chi connectivity index (χ1n) is 11.6. The average Bonchev–Trinajstić information content (AvgIpc) is 3.46. The van der Waals surface area contributed by atoms with Crippen molar-refractivity contribution in [2.45, 2.75) is 51.6 Å². The number of nitrogens with one attached hydrogen (secondary N) is 2. The zero-order chi connectivity index (χ0) is 21.5. The van der Waals surface area contributed by atoms with Gasteiger partial charge in [-0.15, -0.1) is 35.3 Å². The average molecular weight is 569 g/mol. The van der Waals surface area contributed by atoms with E-state index < -0.39 is 0 Å². The Kier molecular flexibility index (Phi) is 10.1. The van der Waals surface area contributed by atoms with Crippen molar-refractivity contribution in [3.63, 3.8) is 0 Å². The maximum Gasteiger partial charge on any atom is 0.191 e. The van der Waals surface area contributed by atoms with Crippen molar-refractivity contribution >= 4 is 46.4 Å². The van der Waals surface area contributed by atoms with Gasteiger partial charge in [-0.1, -0.05) is 29.8 Å². The van der Waals surface area contributed by atoms with Gasteiger partial charge >= 0.3 is 0 Å². The Morgan fingerprint density at radius 3 is 2.69 bits per heavy atom. The van der Waals surface area contributed by atoms with Crippen molar-refractivity contribution in [3.8, 4) is 0 Å². The minimum atomic E-state index is 0. The van der Waals surface area contributed by atoms with Gasteiger partial charge in [0.05, 0.1) is 5.69 Å². The Morgan fingerprint density at radius 2 is 1.97 bits per heavy atom. The van der Waals surface area contributed by atoms with Gasteiger partial charge in [0.25, 0.3) is 0 Å². The van der Waals surface area contributed by atoms with E-state index in [1.54, 1.807) is 11.3 Å². The third-order valence-corrected chi connectivity index (χ3v) is 7.18. The molecule has 3 heterocycles. The van der Waals surface area contributed by atoms with E-state index in [2.05, 4.69) is 62.0 Å². The normalized spacial score (nSPS) is 17.9. The first kappa shape index (κ1) is 25.2. The predicted octanol–water partition coefficient (Wildman–Crippen LogP) is 4.04. The number of aryl methyl sites for hydroxylation is 1. The summed E-state index contributed by atoms with van der Waals surface area (Å²) in [7, 11) is 1.86. The van der Waals surface area contributed by atoms with Gasteiger partial charge in [-0.05, 0) is 38.2 Å². The standard InChI is InChI=1S/C24H36N6S.HI/c1-19-6-5-7-20(16-19)17-29-14-9-21(10-15-29)27-23(25-2)26-11-8-22-18-31-24(28-22)30-12-3-4-13-30;/h5-7,16,18,21H,3-4,8-15,17H2,1-2H3,(H2,25,26,27);1H. The number of thiazole rings is 1. The van der Waals surface area contributed by atoms with Gasteiger partial charge in [0.15, 0.2) is 11.1 Å². The van der Waals surface area contributed by atoms with Crippen molar-refractivity contribution in [3.05, 3.63) is 46.5 Å². The molecule has 4 rings (SSSR count). The second-order valence-corrected chi connectivity index (χ2v) is 9.58. The molecule has 0 saturated carbocycles. The van der Waals surface area contributed by atoms with Crippen LogP contribution in [0, 0.1) is 6.92 Å². The Hall–Kier alpha value is -1.39. The number of likely N-dealkylation sites (tertiary alicyclic amines) is 1. The molecule has 0 radical (unpaired) electrons. The van der Waals surface area contributed by atoms with Crippen molar-refractivity contribution in [2.24, 2.45) is 4.99 Å². The Bertz CT molecular complexity index is 856. The summed E-state index contributed by atoms with van der Waals surface area (Å²) in [5.74, 6) is 0.909. The molecule has 1 aromatic heterocycles. The highest BCUT2D eigenvalue weighted by Gasteiger charge is 2.20. The molecular formula is C24H37IN6S. The molecule has 0 bridgehead atoms. The number of hydrogen-bond acceptors (Lipinski definition) is 5. The molecule has 2 aliphatic heterocycles. The molecule has 2 aromatic rings. The molecule has 6 nitrogen and oxygen atoms in total. The number of rotatable bonds is 7. The fraction of sp³-hybridized carbons (Fsp3) is 0.583. The van der Waals surface area contributed by atoms with Crippen LogP contribution in [0.1, 0.15) is 42.5 Å². The second-order valence-electron chi connectivity index (χ2n) is 8.75. The minimum Gasteiger partial charge on any atom is -0.356 e. The lowest BCUT2D eigenvalue weighted by molar-refractivity contribution is 0.198. The molecule has 0 spiro atoms. The van der Waals surface area contributed by atoms with Gasteiger partial charge < -0.3 is 15.5 Å². The Morgan fingerprint density at radius 1 is 1.19 bits per heavy atom. The van der Waals surface area contributed by atoms with Crippen LogP contribution in [-0.2, 0) is 13.0 Å². The second kappa shape index (κ2) is 12.7. The monoisotopic (exact) mass is 568 g/mol. The van der Waals surface area contributed by atoms with E-state index in [4.69, 9.17) is 4.98 Å². The maximum atomic E-state index is 4.82. The number of nitrogens with zero attached hydrogens (tertiary/aromatic N) is 4. The molecule has 0 atom stereocenters. The van der Waals surface area contributed by atoms with Crippen LogP contribution in [0.3, 0.4) is 0 Å². The molecule has 176 valence electrons. The SMILES string of the molecule is CN=C(NCCc1csc(N2CCCC2)n1)NC1CCN(Cc2cccc(C)c2)CC1.I. The van der Waals surface area contributed by atoms with Crippen LogP contribution in [0.25, 0.3) is 0 Å². The van der Waals surface area contributed by atoms with Crippen LogP contribution in [0.15, 0.2) is 34.6 Å². The lowest BCUT2D eigenvalue weighted by atomic mass is 10.0. The largest absolute Gasteiger partial charge is 0.356 e. The van der Waals surface area contributed by atoms with Crippen LogP contribution < -0.4 is 15.5 Å². The van der Waals surface area contributed by atoms with Gasteiger partial charge in [0, 0.05) is 64.2 Å². The fourth-order valence-electron chi connectivity index (χ4n) is 4.47. The zero-order valence-electron chi connectivity index (χ0n) is 19.3. The van der Waals surface area contributed by atoms with E-state index >= 15 is 0 Å². The summed E-state index contributed by atoms with van der Waals surface area (Å²) in [6.45, 7) is 8.64. The Labute approximate surface area is 213 Å². The highest BCUT2D eigenvalue weighted by Crippen LogP contribution is 2.24. The van der Waals surface area contributed by atoms with Gasteiger partial charge in [-0.2, -0.15) is 0 Å². The quantitative estimate of drug-likeness (QED) is 0.300. The van der Waals surface area contributed by atoms with E-state index in [-0.39, 0.29) is 24.0 Å². The fourth-order valence-corrected chi connectivity index (χ4v) is 5.38. The third kappa shape index (κ3) is 7.31. The lowest BCUT2D eigenvalue weighted by Gasteiger charge is -2.33. The van der Waals surface area contributed by atoms with Crippen molar-refractivity contribution in [1.82, 2.24) is 20.5 Å². The van der Waals surface area contributed by atoms with Crippen LogP contribution in [0.2, 0.25) is 0 Å². The number of aromatic nitrogens is 1. The van der Waals surface area contributed by atoms with E-state index in [9.17, 15) is 0 Å². The number of hydrogen-bond donors (Lipinski definition) is 2. The minimum absolute atomic E-state index is 0. The number of guanidine groups is 1. The molecule has 0 aliphatic carbocycles. The highest BCUT2D eigenvalue weighted by atomic mass is 127. The molecule has 0 amide bonds. The maximum absolute atomic E-state index is 4.82. The first-order valence-corrected chi connectivity index (χ1v) is 12.5. The molecule has 2 N–H and O–H groups in total. The van der Waals surface area contributed by atoms with Gasteiger partial charge in [0.2, 0.25) is 0 Å². The van der Waals surface area contributed by atoms with Crippen molar-refractivity contribution in [1.29, 1.82) is 0 Å². The number of piperidine rings is 1. The molecule has 8 heteroatoms. The molecule has 32 heavy (non-hydrogen) atoms. The molecule has 1 aromatic carbocycles. The Balaban J connectivity index is 0.00000289. The molecule has 0 unspecified atom stereocenters. The summed E-state index contributed by atoms with van der Waals surface area (Å²) in [4.78, 5) is 14.2. The summed E-state index contributed by atoms with van der Waals surface area (Å²) >= 11 is 1.78. The number of aliphatic imine (C=N–C) groups is 1. The summed E-state index contributed by atoms with van der Waals surface area (Å²) < 4.78 is 0. The molecule has 2 aliphatic rings. The van der Waals surface area contributed by atoms with E-state index in [1.807, 2.05) is 7.05 Å². The summed E-state index contributed by atoms with van der Waals surface area (Å²) in [6.07, 6.45) is 5.82. The summed E-state index contributed by atoms with van der Waals surface area (Å²) in [6, 6.07) is 9.35. The molecule has 2 fully saturated rings. The van der Waals surface area contributed by atoms with Crippen LogP contribution in [0.4, 0.5) is 5.13 Å². The van der Waals surface area contributed by atoms with Crippen molar-refractivity contribution < 1.29 is 0 Å². The van der Waals surface area contributed by atoms with E-state index in [1.165, 1.54) is 34.8 Å². The smallest absolute Gasteiger partial charge is 0.191 e. The summed E-state index contributed by atoms with van der Waals surface area (Å²) in [5.41, 5.74) is 3.94. The van der Waals surface area contributed by atoms with E-state index in [0.29, 0.717) is 6.04 Å². The molecular weight excluding hydrogens is 531 g/mol. The van der Waals surface area contributed by atoms with E-state index in [0.717, 1.165) is 64.5 Å². The topological polar surface area (TPSA) is 55.8 Å². The number of halogens is 1. The van der Waals surface area contributed by atoms with Crippen LogP contribution in [-0.4, -0.2) is 61.7 Å². The molecule has 2 saturated heterocycles. The number of benzene rings is 1. The van der Waals surface area contributed by atoms with Gasteiger partial charge in [-0.3, -0.25) is 9.89 Å². The van der Waals surface area contributed by atoms with Crippen LogP contribution >= 0.6 is 35.3 Å². The van der Waals surface area contributed by atoms with Crippen LogP contribution in [0.5, 0.6) is 0 Å². The number of anilines is 1. The lowest BCUT2D eigenvalue weighted by Crippen LogP contribution is -2.48. The predicted molar refractivity (Wildman–Crippen MR) is 147 cm³/mol. The summed E-state index contributed by atoms with van der Waals surface area (Å²) in [5, 5.41) is 10.5. The third-order valence-electron chi connectivity index (χ3n) is 6.23.